The van der Waals surface area contributed by atoms with Crippen molar-refractivity contribution in [1.29, 1.82) is 0 Å². The Balaban J connectivity index is 1.50. The smallest absolute Gasteiger partial charge is 0.359 e. The lowest BCUT2D eigenvalue weighted by Crippen LogP contribution is -2.66. The summed E-state index contributed by atoms with van der Waals surface area (Å²) in [4.78, 5) is 59.5. The number of hydrogen-bond acceptors (Lipinski definition) is 8. The average Bonchev–Trinajstić information content (AvgIpc) is 2.98. The molecule has 0 saturated heterocycles. The number of ketones is 1. The Kier molecular flexibility index (Phi) is 8.17. The maximum absolute atomic E-state index is 14.6. The topological polar surface area (TPSA) is 132 Å². The van der Waals surface area contributed by atoms with Gasteiger partial charge in [-0.05, 0) is 118 Å². The minimum absolute atomic E-state index is 0.0442. The monoisotopic (exact) mass is 636 g/mol. The van der Waals surface area contributed by atoms with Gasteiger partial charge in [0, 0.05) is 11.3 Å². The molecule has 0 aromatic rings. The van der Waals surface area contributed by atoms with E-state index >= 15 is 0 Å². The molecule has 252 valence electrons. The van der Waals surface area contributed by atoms with E-state index in [1.165, 1.54) is 12.7 Å². The van der Waals surface area contributed by atoms with E-state index in [0.29, 0.717) is 19.3 Å². The molecule has 4 fully saturated rings. The van der Waals surface area contributed by atoms with Gasteiger partial charge >= 0.3 is 17.9 Å². The van der Waals surface area contributed by atoms with Gasteiger partial charge < -0.3 is 14.6 Å². The van der Waals surface area contributed by atoms with Crippen molar-refractivity contribution in [2.75, 3.05) is 7.11 Å². The van der Waals surface area contributed by atoms with E-state index in [9.17, 15) is 24.3 Å². The number of aliphatic imine (C=N–C) groups is 2. The first-order valence-corrected chi connectivity index (χ1v) is 16.8. The molecule has 1 N–H and O–H groups in total. The predicted molar refractivity (Wildman–Crippen MR) is 175 cm³/mol. The lowest BCUT2D eigenvalue weighted by Gasteiger charge is -2.70. The highest BCUT2D eigenvalue weighted by molar-refractivity contribution is 6.00. The number of fused-ring (bicyclic) bond motifs is 7. The van der Waals surface area contributed by atoms with Gasteiger partial charge in [-0.1, -0.05) is 47.1 Å². The van der Waals surface area contributed by atoms with E-state index in [-0.39, 0.29) is 51.2 Å². The Labute approximate surface area is 273 Å². The van der Waals surface area contributed by atoms with E-state index in [0.717, 1.165) is 38.5 Å². The number of esters is 2. The van der Waals surface area contributed by atoms with Crippen LogP contribution >= 0.6 is 0 Å². The molecule has 5 rings (SSSR count). The first-order valence-electron chi connectivity index (χ1n) is 16.8. The van der Waals surface area contributed by atoms with Crippen molar-refractivity contribution in [2.24, 2.45) is 60.2 Å². The highest BCUT2D eigenvalue weighted by Gasteiger charge is 2.70. The number of carboxylic acid groups (broad SMARTS) is 1. The van der Waals surface area contributed by atoms with Crippen LogP contribution < -0.4 is 0 Å². The molecular weight excluding hydrogens is 584 g/mol. The number of methoxy groups -OCH3 is 1. The molecule has 1 unspecified atom stereocenters. The number of hydrogen-bond donors (Lipinski definition) is 1. The number of carbonyl (C=O) groups is 4. The van der Waals surface area contributed by atoms with Crippen molar-refractivity contribution in [2.45, 2.75) is 112 Å². The lowest BCUT2D eigenvalue weighted by molar-refractivity contribution is -0.210. The predicted octanol–water partition coefficient (Wildman–Crippen LogP) is 6.75. The molecule has 4 saturated carbocycles. The van der Waals surface area contributed by atoms with E-state index in [1.807, 2.05) is 13.0 Å². The van der Waals surface area contributed by atoms with Crippen molar-refractivity contribution in [1.82, 2.24) is 0 Å². The van der Waals surface area contributed by atoms with Crippen LogP contribution in [0.4, 0.5) is 0 Å². The largest absolute Gasteiger partial charge is 0.476 e. The minimum atomic E-state index is -1.43. The van der Waals surface area contributed by atoms with Crippen LogP contribution in [0, 0.1) is 50.2 Å². The quantitative estimate of drug-likeness (QED) is 0.194. The Morgan fingerprint density at radius 2 is 1.52 bits per heavy atom. The maximum Gasteiger partial charge on any atom is 0.359 e. The van der Waals surface area contributed by atoms with Crippen LogP contribution in [-0.4, -0.2) is 55.4 Å². The van der Waals surface area contributed by atoms with Gasteiger partial charge in [0.25, 0.3) is 0 Å². The third-order valence-corrected chi connectivity index (χ3v) is 14.4. The molecule has 9 nitrogen and oxygen atoms in total. The number of carbonyl (C=O) groups excluding carboxylic acids is 3. The van der Waals surface area contributed by atoms with Crippen molar-refractivity contribution in [3.05, 3.63) is 23.0 Å². The van der Waals surface area contributed by atoms with Crippen molar-refractivity contribution >= 4 is 37.1 Å². The van der Waals surface area contributed by atoms with Crippen molar-refractivity contribution < 1.29 is 33.8 Å². The van der Waals surface area contributed by atoms with Gasteiger partial charge in [0.05, 0.1) is 12.5 Å². The summed E-state index contributed by atoms with van der Waals surface area (Å²) < 4.78 is 11.2. The molecule has 5 aliphatic rings. The zero-order valence-electron chi connectivity index (χ0n) is 29.0. The van der Waals surface area contributed by atoms with Gasteiger partial charge in [0.15, 0.2) is 17.2 Å². The fourth-order valence-electron chi connectivity index (χ4n) is 11.5. The summed E-state index contributed by atoms with van der Waals surface area (Å²) >= 11 is 0. The molecule has 46 heavy (non-hydrogen) atoms. The van der Waals surface area contributed by atoms with Gasteiger partial charge in [0.2, 0.25) is 0 Å². The van der Waals surface area contributed by atoms with Crippen LogP contribution in [0.25, 0.3) is 0 Å². The van der Waals surface area contributed by atoms with Crippen LogP contribution in [-0.2, 0) is 28.7 Å². The van der Waals surface area contributed by atoms with E-state index in [4.69, 9.17) is 9.47 Å². The second-order valence-electron chi connectivity index (χ2n) is 16.8. The van der Waals surface area contributed by atoms with Gasteiger partial charge in [-0.3, -0.25) is 19.6 Å². The lowest BCUT2D eigenvalue weighted by atomic mass is 9.33. The van der Waals surface area contributed by atoms with Gasteiger partial charge in [-0.2, -0.15) is 0 Å². The summed E-state index contributed by atoms with van der Waals surface area (Å²) in [7, 11) is 1.47. The van der Waals surface area contributed by atoms with Crippen molar-refractivity contribution in [3.8, 4) is 0 Å². The fourth-order valence-corrected chi connectivity index (χ4v) is 11.5. The van der Waals surface area contributed by atoms with Gasteiger partial charge in [0.1, 0.15) is 6.10 Å². The Morgan fingerprint density at radius 1 is 0.891 bits per heavy atom. The first-order chi connectivity index (χ1) is 21.3. The van der Waals surface area contributed by atoms with Crippen molar-refractivity contribution in [3.63, 3.8) is 0 Å². The molecule has 0 aromatic heterocycles. The van der Waals surface area contributed by atoms with Crippen LogP contribution in [0.15, 0.2) is 33.0 Å². The highest BCUT2D eigenvalue weighted by Crippen LogP contribution is 2.75. The third kappa shape index (κ3) is 4.61. The number of rotatable bonds is 6. The summed E-state index contributed by atoms with van der Waals surface area (Å²) in [5, 5.41) is 9.48. The molecule has 0 heterocycles. The zero-order chi connectivity index (χ0) is 34.3. The van der Waals surface area contributed by atoms with Crippen LogP contribution in [0.1, 0.15) is 106 Å². The Bertz CT molecular complexity index is 1460. The molecule has 0 aliphatic heterocycles. The Hall–Kier alpha value is -3.10. The summed E-state index contributed by atoms with van der Waals surface area (Å²) in [6.45, 7) is 22.2. The molecule has 0 radical (unpaired) electrons. The summed E-state index contributed by atoms with van der Waals surface area (Å²) in [5.41, 5.74) is -1.63. The highest BCUT2D eigenvalue weighted by atomic mass is 16.5. The number of ether oxygens (including phenoxy) is 2. The Morgan fingerprint density at radius 3 is 2.11 bits per heavy atom. The average molecular weight is 637 g/mol. The zero-order valence-corrected chi connectivity index (χ0v) is 29.0. The molecule has 0 bridgehead atoms. The second kappa shape index (κ2) is 11.0. The second-order valence-corrected chi connectivity index (χ2v) is 16.8. The van der Waals surface area contributed by atoms with Crippen LogP contribution in [0.3, 0.4) is 0 Å². The summed E-state index contributed by atoms with van der Waals surface area (Å²) in [6.07, 6.45) is 8.96. The molecule has 5 aliphatic carbocycles. The van der Waals surface area contributed by atoms with Gasteiger partial charge in [-0.25, -0.2) is 9.59 Å². The third-order valence-electron chi connectivity index (χ3n) is 14.4. The molecule has 9 heteroatoms. The van der Waals surface area contributed by atoms with Gasteiger partial charge in [-0.15, -0.1) is 0 Å². The minimum Gasteiger partial charge on any atom is -0.476 e. The van der Waals surface area contributed by atoms with E-state index in [2.05, 4.69) is 65.0 Å². The standard InChI is InChI=1S/C37H52N2O7/c1-32(2)24-11-14-37(7)28(35(24,5)13-12-25(32)46-30(43)27(39-9)26(38-8)29(41)42)23(40)19-21-22-20-34(4,31(44)45-10)16-15-33(22,3)17-18-36(21,37)6/h19,22,24-25,28H,8-9,11-18,20H2,1-7,10H3,(H,41,42)/b27-26-/t22-,24?,25-,28+,33+,34-,35-,36+,37+/m0/s1. The van der Waals surface area contributed by atoms with E-state index < -0.39 is 40.3 Å². The number of allylic oxidation sites excluding steroid dienone is 2. The molecule has 0 amide bonds. The summed E-state index contributed by atoms with van der Waals surface area (Å²) in [6, 6.07) is 0. The first kappa shape index (κ1) is 34.2. The van der Waals surface area contributed by atoms with E-state index in [1.54, 1.807) is 0 Å². The fraction of sp³-hybridized carbons (Fsp3) is 0.730. The molecular formula is C37H52N2O7. The van der Waals surface area contributed by atoms with Crippen LogP contribution in [0.5, 0.6) is 0 Å². The maximum atomic E-state index is 14.6. The SMILES string of the molecule is C=N/C(C(=O)O)=C(\N=C)C(=O)O[C@H]1CC[C@@]2(C)C(CC[C@]3(C)[C@@H]2C(=O)C=C2[C@@H]4C[C@@](C)(C(=O)OC)CC[C@]4(C)CC[C@]23C)C1(C)C. The number of nitrogens with zero attached hydrogens (tertiary/aromatic N) is 2. The number of aliphatic carboxylic acids is 1. The number of carboxylic acids is 1. The normalized spacial score (nSPS) is 43.2. The molecule has 9 atom stereocenters. The molecule has 0 aromatic carbocycles. The van der Waals surface area contributed by atoms with Crippen LogP contribution in [0.2, 0.25) is 0 Å². The molecule has 0 spiro atoms. The summed E-state index contributed by atoms with van der Waals surface area (Å²) in [5.74, 6) is -2.26.